The fraction of sp³-hybridized carbons (Fsp3) is 0.613. The lowest BCUT2D eigenvalue weighted by atomic mass is 9.85. The SMILES string of the molecule is CC(C)CN(CC(=O)O)C(=O)c1cnc(N2CCC(Cc3ccccc3)CC2)nc1CCC1CCCCC1. The largest absolute Gasteiger partial charge is 0.480 e. The topological polar surface area (TPSA) is 86.6 Å². The Kier molecular flexibility index (Phi) is 10.1. The highest BCUT2D eigenvalue weighted by Crippen LogP contribution is 2.29. The second kappa shape index (κ2) is 13.7. The summed E-state index contributed by atoms with van der Waals surface area (Å²) in [6.07, 6.45) is 13.1. The van der Waals surface area contributed by atoms with Gasteiger partial charge in [-0.2, -0.15) is 0 Å². The highest BCUT2D eigenvalue weighted by molar-refractivity contribution is 5.96. The van der Waals surface area contributed by atoms with Gasteiger partial charge >= 0.3 is 5.97 Å². The zero-order chi connectivity index (χ0) is 26.9. The van der Waals surface area contributed by atoms with Crippen LogP contribution in [-0.4, -0.2) is 58.0 Å². The van der Waals surface area contributed by atoms with Gasteiger partial charge < -0.3 is 14.9 Å². The maximum absolute atomic E-state index is 13.6. The minimum atomic E-state index is -1.00. The van der Waals surface area contributed by atoms with Crippen molar-refractivity contribution in [1.29, 1.82) is 0 Å². The molecule has 0 atom stereocenters. The normalized spacial score (nSPS) is 17.1. The van der Waals surface area contributed by atoms with Crippen LogP contribution in [0.4, 0.5) is 5.95 Å². The Bertz CT molecular complexity index is 1040. The van der Waals surface area contributed by atoms with E-state index in [9.17, 15) is 14.7 Å². The lowest BCUT2D eigenvalue weighted by Crippen LogP contribution is -2.39. The second-order valence-electron chi connectivity index (χ2n) is 11.7. The molecule has 1 aliphatic heterocycles. The molecule has 7 nitrogen and oxygen atoms in total. The highest BCUT2D eigenvalue weighted by Gasteiger charge is 2.27. The van der Waals surface area contributed by atoms with Crippen LogP contribution in [0.2, 0.25) is 0 Å². The first-order valence-electron chi connectivity index (χ1n) is 14.5. The lowest BCUT2D eigenvalue weighted by Gasteiger charge is -2.32. The molecule has 2 fully saturated rings. The van der Waals surface area contributed by atoms with Crippen LogP contribution >= 0.6 is 0 Å². The molecular weight excluding hydrogens is 476 g/mol. The molecule has 2 aromatic rings. The Morgan fingerprint density at radius 3 is 2.39 bits per heavy atom. The van der Waals surface area contributed by atoms with Crippen molar-refractivity contribution in [2.75, 3.05) is 31.1 Å². The number of carboxylic acid groups (broad SMARTS) is 1. The van der Waals surface area contributed by atoms with Gasteiger partial charge in [-0.25, -0.2) is 9.97 Å². The van der Waals surface area contributed by atoms with Gasteiger partial charge in [0, 0.05) is 25.8 Å². The standard InChI is InChI=1S/C31H44N4O3/c1-23(2)21-35(22-29(36)37)30(38)27-20-32-31(33-28(27)14-13-24-9-5-3-6-10-24)34-17-15-26(16-18-34)19-25-11-7-4-8-12-25/h4,7-8,11-12,20,23-24,26H,3,5-6,9-10,13-19,21-22H2,1-2H3,(H,36,37). The summed E-state index contributed by atoms with van der Waals surface area (Å²) in [5, 5.41) is 9.43. The number of carbonyl (C=O) groups excluding carboxylic acids is 1. The minimum Gasteiger partial charge on any atom is -0.480 e. The molecule has 0 radical (unpaired) electrons. The van der Waals surface area contributed by atoms with Crippen molar-refractivity contribution in [3.8, 4) is 0 Å². The van der Waals surface area contributed by atoms with E-state index in [1.165, 1.54) is 42.6 Å². The Morgan fingerprint density at radius 1 is 1.03 bits per heavy atom. The first-order chi connectivity index (χ1) is 18.4. The van der Waals surface area contributed by atoms with E-state index in [1.807, 2.05) is 13.8 Å². The second-order valence-corrected chi connectivity index (χ2v) is 11.7. The number of anilines is 1. The predicted molar refractivity (Wildman–Crippen MR) is 150 cm³/mol. The van der Waals surface area contributed by atoms with Crippen LogP contribution in [0.5, 0.6) is 0 Å². The number of hydrogen-bond donors (Lipinski definition) is 1. The number of aryl methyl sites for hydroxylation is 1. The molecule has 7 heteroatoms. The molecule has 1 saturated carbocycles. The molecule has 0 spiro atoms. The molecule has 1 aromatic carbocycles. The molecule has 2 heterocycles. The van der Waals surface area contributed by atoms with Crippen LogP contribution in [0.15, 0.2) is 36.5 Å². The Hall–Kier alpha value is -2.96. The molecule has 0 bridgehead atoms. The number of carboxylic acids is 1. The van der Waals surface area contributed by atoms with Crippen LogP contribution < -0.4 is 4.90 Å². The molecule has 0 unspecified atom stereocenters. The number of aromatic nitrogens is 2. The number of amides is 1. The van der Waals surface area contributed by atoms with Gasteiger partial charge in [-0.05, 0) is 55.4 Å². The van der Waals surface area contributed by atoms with Crippen LogP contribution in [0.25, 0.3) is 0 Å². The summed E-state index contributed by atoms with van der Waals surface area (Å²) in [5.41, 5.74) is 2.63. The number of nitrogens with zero attached hydrogens (tertiary/aromatic N) is 4. The summed E-state index contributed by atoms with van der Waals surface area (Å²) in [6.45, 7) is 5.89. The number of piperidine rings is 1. The van der Waals surface area contributed by atoms with Gasteiger partial charge in [0.2, 0.25) is 5.95 Å². The third-order valence-corrected chi connectivity index (χ3v) is 8.06. The Morgan fingerprint density at radius 2 is 1.74 bits per heavy atom. The molecule has 1 aromatic heterocycles. The van der Waals surface area contributed by atoms with Crippen molar-refractivity contribution in [3.05, 3.63) is 53.3 Å². The van der Waals surface area contributed by atoms with Crippen molar-refractivity contribution in [2.45, 2.75) is 78.1 Å². The monoisotopic (exact) mass is 520 g/mol. The summed E-state index contributed by atoms with van der Waals surface area (Å²) < 4.78 is 0. The van der Waals surface area contributed by atoms with Crippen LogP contribution in [0.3, 0.4) is 0 Å². The van der Waals surface area contributed by atoms with E-state index in [1.54, 1.807) is 6.20 Å². The number of hydrogen-bond acceptors (Lipinski definition) is 5. The Balaban J connectivity index is 1.49. The summed E-state index contributed by atoms with van der Waals surface area (Å²) in [4.78, 5) is 38.4. The van der Waals surface area contributed by atoms with Gasteiger partial charge in [0.25, 0.3) is 5.91 Å². The summed E-state index contributed by atoms with van der Waals surface area (Å²) in [7, 11) is 0. The van der Waals surface area contributed by atoms with Gasteiger partial charge in [-0.15, -0.1) is 0 Å². The number of aliphatic carboxylic acids is 1. The molecular formula is C31H44N4O3. The Labute approximate surface area is 227 Å². The first kappa shape index (κ1) is 28.1. The first-order valence-corrected chi connectivity index (χ1v) is 14.5. The van der Waals surface area contributed by atoms with Crippen LogP contribution in [0, 0.1) is 17.8 Å². The maximum atomic E-state index is 13.6. The van der Waals surface area contributed by atoms with E-state index in [0.717, 1.165) is 50.9 Å². The van der Waals surface area contributed by atoms with Crippen molar-refractivity contribution < 1.29 is 14.7 Å². The maximum Gasteiger partial charge on any atom is 0.323 e. The smallest absolute Gasteiger partial charge is 0.323 e. The van der Waals surface area contributed by atoms with E-state index < -0.39 is 5.97 Å². The van der Waals surface area contributed by atoms with Gasteiger partial charge in [-0.3, -0.25) is 9.59 Å². The molecule has 1 saturated heterocycles. The van der Waals surface area contributed by atoms with E-state index >= 15 is 0 Å². The van der Waals surface area contributed by atoms with Gasteiger partial charge in [0.1, 0.15) is 6.54 Å². The van der Waals surface area contributed by atoms with Crippen molar-refractivity contribution in [2.24, 2.45) is 17.8 Å². The summed E-state index contributed by atoms with van der Waals surface area (Å²) >= 11 is 0. The molecule has 1 amide bonds. The van der Waals surface area contributed by atoms with E-state index in [0.29, 0.717) is 29.9 Å². The fourth-order valence-corrected chi connectivity index (χ4v) is 6.02. The quantitative estimate of drug-likeness (QED) is 0.413. The average molecular weight is 521 g/mol. The minimum absolute atomic E-state index is 0.168. The number of rotatable bonds is 11. The molecule has 38 heavy (non-hydrogen) atoms. The van der Waals surface area contributed by atoms with Crippen molar-refractivity contribution in [3.63, 3.8) is 0 Å². The van der Waals surface area contributed by atoms with E-state index in [4.69, 9.17) is 4.98 Å². The fourth-order valence-electron chi connectivity index (χ4n) is 6.02. The zero-order valence-electron chi connectivity index (χ0n) is 23.1. The van der Waals surface area contributed by atoms with Gasteiger partial charge in [0.15, 0.2) is 0 Å². The van der Waals surface area contributed by atoms with Crippen LogP contribution in [0.1, 0.15) is 86.8 Å². The third kappa shape index (κ3) is 8.02. The third-order valence-electron chi connectivity index (χ3n) is 8.06. The van der Waals surface area contributed by atoms with E-state index in [-0.39, 0.29) is 18.4 Å². The van der Waals surface area contributed by atoms with Gasteiger partial charge in [0.05, 0.1) is 11.3 Å². The number of benzene rings is 1. The molecule has 1 aliphatic carbocycles. The van der Waals surface area contributed by atoms with E-state index in [2.05, 4.69) is 40.2 Å². The molecule has 1 N–H and O–H groups in total. The molecule has 4 rings (SSSR count). The molecule has 206 valence electrons. The average Bonchev–Trinajstić information content (AvgIpc) is 2.92. The highest BCUT2D eigenvalue weighted by atomic mass is 16.4. The predicted octanol–water partition coefficient (Wildman–Crippen LogP) is 5.63. The lowest BCUT2D eigenvalue weighted by molar-refractivity contribution is -0.137. The van der Waals surface area contributed by atoms with Crippen LogP contribution in [-0.2, 0) is 17.6 Å². The van der Waals surface area contributed by atoms with Crippen molar-refractivity contribution >= 4 is 17.8 Å². The summed E-state index contributed by atoms with van der Waals surface area (Å²) in [5.74, 6) is 0.922. The zero-order valence-corrected chi connectivity index (χ0v) is 23.1. The van der Waals surface area contributed by atoms with Crippen molar-refractivity contribution in [1.82, 2.24) is 14.9 Å². The van der Waals surface area contributed by atoms with Gasteiger partial charge in [-0.1, -0.05) is 76.3 Å². The molecule has 2 aliphatic rings. The summed E-state index contributed by atoms with van der Waals surface area (Å²) in [6, 6.07) is 10.7. The number of carbonyl (C=O) groups is 2.